The molecule has 90 valence electrons. The maximum absolute atomic E-state index is 12.0. The van der Waals surface area contributed by atoms with Gasteiger partial charge in [0.05, 0.1) is 6.61 Å². The molecule has 0 radical (unpaired) electrons. The Morgan fingerprint density at radius 2 is 1.94 bits per heavy atom. The lowest BCUT2D eigenvalue weighted by atomic mass is 9.63. The van der Waals surface area contributed by atoms with Gasteiger partial charge in [0.1, 0.15) is 11.2 Å². The number of hydrogen-bond donors (Lipinski definition) is 0. The Balaban J connectivity index is 2.77. The molecule has 0 aromatic rings. The fourth-order valence-electron chi connectivity index (χ4n) is 1.91. The van der Waals surface area contributed by atoms with Gasteiger partial charge in [-0.2, -0.15) is 0 Å². The molecule has 0 unspecified atom stereocenters. The van der Waals surface area contributed by atoms with Gasteiger partial charge in [-0.1, -0.05) is 13.8 Å². The maximum atomic E-state index is 12.0. The van der Waals surface area contributed by atoms with Crippen molar-refractivity contribution in [2.24, 2.45) is 11.3 Å². The highest BCUT2D eigenvalue weighted by molar-refractivity contribution is 6.14. The van der Waals surface area contributed by atoms with Crippen molar-refractivity contribution < 1.29 is 19.1 Å². The van der Waals surface area contributed by atoms with Gasteiger partial charge in [-0.3, -0.25) is 14.4 Å². The van der Waals surface area contributed by atoms with Crippen LogP contribution in [0.25, 0.3) is 0 Å². The monoisotopic (exact) mass is 226 g/mol. The van der Waals surface area contributed by atoms with E-state index < -0.39 is 11.4 Å². The maximum Gasteiger partial charge on any atom is 0.320 e. The summed E-state index contributed by atoms with van der Waals surface area (Å²) in [6, 6.07) is 0. The molecule has 0 aliphatic heterocycles. The largest absolute Gasteiger partial charge is 0.465 e. The van der Waals surface area contributed by atoms with E-state index in [2.05, 4.69) is 0 Å². The van der Waals surface area contributed by atoms with Crippen LogP contribution < -0.4 is 0 Å². The molecule has 0 N–H and O–H groups in total. The van der Waals surface area contributed by atoms with Gasteiger partial charge >= 0.3 is 5.97 Å². The number of esters is 1. The smallest absolute Gasteiger partial charge is 0.320 e. The average molecular weight is 226 g/mol. The van der Waals surface area contributed by atoms with Crippen molar-refractivity contribution in [3.05, 3.63) is 0 Å². The van der Waals surface area contributed by atoms with Crippen LogP contribution in [0.3, 0.4) is 0 Å². The zero-order valence-electron chi connectivity index (χ0n) is 10.0. The van der Waals surface area contributed by atoms with E-state index in [1.807, 2.05) is 13.8 Å². The van der Waals surface area contributed by atoms with Crippen molar-refractivity contribution in [1.29, 1.82) is 0 Å². The van der Waals surface area contributed by atoms with Gasteiger partial charge < -0.3 is 4.74 Å². The fraction of sp³-hybridized carbons (Fsp3) is 0.750. The molecule has 1 saturated carbocycles. The molecule has 4 nitrogen and oxygen atoms in total. The normalized spacial score (nSPS) is 18.1. The third-order valence-electron chi connectivity index (χ3n) is 2.79. The summed E-state index contributed by atoms with van der Waals surface area (Å²) in [6.45, 7) is 5.76. The lowest BCUT2D eigenvalue weighted by Gasteiger charge is -2.36. The van der Waals surface area contributed by atoms with Crippen molar-refractivity contribution in [1.82, 2.24) is 0 Å². The summed E-state index contributed by atoms with van der Waals surface area (Å²) in [4.78, 5) is 34.7. The molecule has 0 atom stereocenters. The van der Waals surface area contributed by atoms with Crippen molar-refractivity contribution in [2.45, 2.75) is 40.0 Å². The predicted octanol–water partition coefficient (Wildman–Crippen LogP) is 1.51. The topological polar surface area (TPSA) is 60.4 Å². The Kier molecular flexibility index (Phi) is 3.83. The van der Waals surface area contributed by atoms with Gasteiger partial charge in [-0.15, -0.1) is 0 Å². The first kappa shape index (κ1) is 12.9. The van der Waals surface area contributed by atoms with E-state index in [1.54, 1.807) is 6.92 Å². The molecule has 0 aromatic heterocycles. The Labute approximate surface area is 95.3 Å². The minimum absolute atomic E-state index is 0.0252. The number of carbonyl (C=O) groups excluding carboxylic acids is 3. The SMILES string of the molecule is CCOC(=O)C1(C(=O)CC(C)C)CC(=O)C1. The highest BCUT2D eigenvalue weighted by Crippen LogP contribution is 2.41. The van der Waals surface area contributed by atoms with Crippen LogP contribution >= 0.6 is 0 Å². The molecule has 0 bridgehead atoms. The standard InChI is InChI=1S/C12H18O4/c1-4-16-11(15)12(6-9(13)7-12)10(14)5-8(2)3/h8H,4-7H2,1-3H3. The lowest BCUT2D eigenvalue weighted by Crippen LogP contribution is -2.51. The molecule has 1 fully saturated rings. The van der Waals surface area contributed by atoms with E-state index in [0.29, 0.717) is 6.42 Å². The number of ether oxygens (including phenoxy) is 1. The number of hydrogen-bond acceptors (Lipinski definition) is 4. The van der Waals surface area contributed by atoms with E-state index in [9.17, 15) is 14.4 Å². The second-order valence-corrected chi connectivity index (χ2v) is 4.72. The fourth-order valence-corrected chi connectivity index (χ4v) is 1.91. The third kappa shape index (κ3) is 2.31. The number of ketones is 2. The lowest BCUT2D eigenvalue weighted by molar-refractivity contribution is -0.170. The van der Waals surface area contributed by atoms with E-state index in [1.165, 1.54) is 0 Å². The van der Waals surface area contributed by atoms with Crippen LogP contribution in [-0.2, 0) is 19.1 Å². The molecule has 16 heavy (non-hydrogen) atoms. The average Bonchev–Trinajstić information content (AvgIpc) is 2.11. The molecular formula is C12H18O4. The van der Waals surface area contributed by atoms with Crippen molar-refractivity contribution in [3.8, 4) is 0 Å². The Morgan fingerprint density at radius 3 is 2.31 bits per heavy atom. The molecule has 1 aliphatic carbocycles. The second-order valence-electron chi connectivity index (χ2n) is 4.72. The van der Waals surface area contributed by atoms with Crippen LogP contribution in [0.2, 0.25) is 0 Å². The van der Waals surface area contributed by atoms with Gasteiger partial charge in [-0.05, 0) is 12.8 Å². The molecule has 1 aliphatic rings. The van der Waals surface area contributed by atoms with Gasteiger partial charge in [0.15, 0.2) is 5.78 Å². The first-order valence-corrected chi connectivity index (χ1v) is 5.64. The van der Waals surface area contributed by atoms with Crippen LogP contribution in [0.4, 0.5) is 0 Å². The van der Waals surface area contributed by atoms with E-state index >= 15 is 0 Å². The molecule has 0 amide bonds. The third-order valence-corrected chi connectivity index (χ3v) is 2.79. The number of carbonyl (C=O) groups is 3. The molecule has 0 aromatic carbocycles. The summed E-state index contributed by atoms with van der Waals surface area (Å²) < 4.78 is 4.89. The zero-order valence-corrected chi connectivity index (χ0v) is 10.0. The second kappa shape index (κ2) is 4.76. The van der Waals surface area contributed by atoms with Crippen LogP contribution in [0.15, 0.2) is 0 Å². The summed E-state index contributed by atoms with van der Waals surface area (Å²) in [5.41, 5.74) is -1.16. The molecule has 4 heteroatoms. The first-order chi connectivity index (χ1) is 7.42. The van der Waals surface area contributed by atoms with Crippen LogP contribution in [0, 0.1) is 11.3 Å². The van der Waals surface area contributed by atoms with Crippen molar-refractivity contribution >= 4 is 17.5 Å². The summed E-state index contributed by atoms with van der Waals surface area (Å²) in [6.07, 6.45) is 0.376. The highest BCUT2D eigenvalue weighted by atomic mass is 16.5. The van der Waals surface area contributed by atoms with Gasteiger partial charge in [-0.25, -0.2) is 0 Å². The minimum Gasteiger partial charge on any atom is -0.465 e. The summed E-state index contributed by atoms with van der Waals surface area (Å²) >= 11 is 0. The molecule has 0 heterocycles. The first-order valence-electron chi connectivity index (χ1n) is 5.64. The Morgan fingerprint density at radius 1 is 1.38 bits per heavy atom. The Hall–Kier alpha value is -1.19. The summed E-state index contributed by atoms with van der Waals surface area (Å²) in [5, 5.41) is 0. The highest BCUT2D eigenvalue weighted by Gasteiger charge is 2.56. The zero-order chi connectivity index (χ0) is 12.3. The quantitative estimate of drug-likeness (QED) is 0.526. The van der Waals surface area contributed by atoms with Crippen molar-refractivity contribution in [2.75, 3.05) is 6.61 Å². The predicted molar refractivity (Wildman–Crippen MR) is 57.8 cm³/mol. The molecule has 0 saturated heterocycles. The van der Waals surface area contributed by atoms with E-state index in [0.717, 1.165) is 0 Å². The summed E-state index contributed by atoms with van der Waals surface area (Å²) in [5.74, 6) is -0.527. The van der Waals surface area contributed by atoms with E-state index in [4.69, 9.17) is 4.74 Å². The van der Waals surface area contributed by atoms with Gasteiger partial charge in [0.25, 0.3) is 0 Å². The van der Waals surface area contributed by atoms with Crippen molar-refractivity contribution in [3.63, 3.8) is 0 Å². The number of rotatable bonds is 5. The van der Waals surface area contributed by atoms with Gasteiger partial charge in [0, 0.05) is 19.3 Å². The van der Waals surface area contributed by atoms with E-state index in [-0.39, 0.29) is 36.9 Å². The molecule has 1 rings (SSSR count). The van der Waals surface area contributed by atoms with Crippen LogP contribution in [0.1, 0.15) is 40.0 Å². The van der Waals surface area contributed by atoms with Gasteiger partial charge in [0.2, 0.25) is 0 Å². The summed E-state index contributed by atoms with van der Waals surface area (Å²) in [7, 11) is 0. The molecule has 0 spiro atoms. The van der Waals surface area contributed by atoms with Crippen LogP contribution in [-0.4, -0.2) is 24.1 Å². The van der Waals surface area contributed by atoms with Crippen LogP contribution in [0.5, 0.6) is 0 Å². The minimum atomic E-state index is -1.16. The Bertz CT molecular complexity index is 309. The molecular weight excluding hydrogens is 208 g/mol. The number of Topliss-reactive ketones (excluding diaryl/α,β-unsaturated/α-hetero) is 2.